The second-order valence-electron chi connectivity index (χ2n) is 5.22. The predicted molar refractivity (Wildman–Crippen MR) is 60.1 cm³/mol. The Balaban J connectivity index is 1.47. The van der Waals surface area contributed by atoms with E-state index in [2.05, 4.69) is 5.32 Å². The summed E-state index contributed by atoms with van der Waals surface area (Å²) in [7, 11) is 0. The fourth-order valence-corrected chi connectivity index (χ4v) is 2.41. The van der Waals surface area contributed by atoms with E-state index in [-0.39, 0.29) is 0 Å². The van der Waals surface area contributed by atoms with E-state index in [9.17, 15) is 0 Å². The van der Waals surface area contributed by atoms with Crippen LogP contribution < -0.4 is 11.1 Å². The number of rotatable bonds is 5. The van der Waals surface area contributed by atoms with Crippen LogP contribution in [0.5, 0.6) is 0 Å². The SMILES string of the molecule is NC1CCC(CNCCC2CC2)CC1. The molecule has 0 bridgehead atoms. The number of nitrogens with one attached hydrogen (secondary N) is 1. The molecule has 2 aliphatic rings. The van der Waals surface area contributed by atoms with Gasteiger partial charge in [0.1, 0.15) is 0 Å². The number of hydrogen-bond acceptors (Lipinski definition) is 2. The van der Waals surface area contributed by atoms with Crippen molar-refractivity contribution < 1.29 is 0 Å². The van der Waals surface area contributed by atoms with Crippen LogP contribution in [-0.4, -0.2) is 19.1 Å². The molecule has 0 saturated heterocycles. The summed E-state index contributed by atoms with van der Waals surface area (Å²) in [5.41, 5.74) is 5.88. The Morgan fingerprint density at radius 2 is 1.57 bits per heavy atom. The lowest BCUT2D eigenvalue weighted by Crippen LogP contribution is -2.32. The van der Waals surface area contributed by atoms with Crippen molar-refractivity contribution in [3.8, 4) is 0 Å². The van der Waals surface area contributed by atoms with Crippen molar-refractivity contribution in [1.29, 1.82) is 0 Å². The van der Waals surface area contributed by atoms with Gasteiger partial charge < -0.3 is 11.1 Å². The van der Waals surface area contributed by atoms with E-state index in [1.165, 1.54) is 58.0 Å². The Morgan fingerprint density at radius 3 is 2.21 bits per heavy atom. The Morgan fingerprint density at radius 1 is 0.929 bits per heavy atom. The largest absolute Gasteiger partial charge is 0.328 e. The molecule has 2 fully saturated rings. The van der Waals surface area contributed by atoms with Crippen LogP contribution in [0.25, 0.3) is 0 Å². The minimum atomic E-state index is 0.498. The molecule has 2 rings (SSSR count). The summed E-state index contributed by atoms with van der Waals surface area (Å²) < 4.78 is 0. The molecule has 0 unspecified atom stereocenters. The van der Waals surface area contributed by atoms with Crippen molar-refractivity contribution in [2.24, 2.45) is 17.6 Å². The van der Waals surface area contributed by atoms with Gasteiger partial charge in [-0.2, -0.15) is 0 Å². The molecule has 0 amide bonds. The molecule has 3 N–H and O–H groups in total. The van der Waals surface area contributed by atoms with Gasteiger partial charge in [0, 0.05) is 6.04 Å². The molecule has 2 heteroatoms. The Hall–Kier alpha value is -0.0800. The van der Waals surface area contributed by atoms with Gasteiger partial charge >= 0.3 is 0 Å². The summed E-state index contributed by atoms with van der Waals surface area (Å²) in [5.74, 6) is 1.98. The molecule has 14 heavy (non-hydrogen) atoms. The summed E-state index contributed by atoms with van der Waals surface area (Å²) in [6, 6.07) is 0.498. The molecule has 0 spiro atoms. The molecular formula is C12H24N2. The van der Waals surface area contributed by atoms with Crippen molar-refractivity contribution in [1.82, 2.24) is 5.32 Å². The summed E-state index contributed by atoms with van der Waals surface area (Å²) >= 11 is 0. The van der Waals surface area contributed by atoms with E-state index in [0.29, 0.717) is 6.04 Å². The van der Waals surface area contributed by atoms with Gasteiger partial charge in [0.25, 0.3) is 0 Å². The first kappa shape index (κ1) is 10.4. The zero-order valence-corrected chi connectivity index (χ0v) is 9.17. The molecule has 0 heterocycles. The maximum absolute atomic E-state index is 5.88. The Labute approximate surface area is 87.6 Å². The van der Waals surface area contributed by atoms with Crippen molar-refractivity contribution >= 4 is 0 Å². The van der Waals surface area contributed by atoms with Crippen LogP contribution in [0.3, 0.4) is 0 Å². The molecule has 0 aromatic rings. The lowest BCUT2D eigenvalue weighted by molar-refractivity contribution is 0.314. The molecule has 82 valence electrons. The van der Waals surface area contributed by atoms with E-state index < -0.39 is 0 Å². The van der Waals surface area contributed by atoms with E-state index in [1.54, 1.807) is 0 Å². The molecular weight excluding hydrogens is 172 g/mol. The zero-order valence-electron chi connectivity index (χ0n) is 9.17. The van der Waals surface area contributed by atoms with E-state index >= 15 is 0 Å². The third kappa shape index (κ3) is 3.58. The van der Waals surface area contributed by atoms with Gasteiger partial charge in [0.05, 0.1) is 0 Å². The van der Waals surface area contributed by atoms with E-state index in [4.69, 9.17) is 5.73 Å². The Bertz CT molecular complexity index is 158. The minimum Gasteiger partial charge on any atom is -0.328 e. The fraction of sp³-hybridized carbons (Fsp3) is 1.00. The molecule has 2 nitrogen and oxygen atoms in total. The topological polar surface area (TPSA) is 38.0 Å². The monoisotopic (exact) mass is 196 g/mol. The van der Waals surface area contributed by atoms with Crippen LogP contribution in [0.4, 0.5) is 0 Å². The molecule has 0 aromatic heterocycles. The molecule has 2 aliphatic carbocycles. The molecule has 0 aromatic carbocycles. The molecule has 0 aliphatic heterocycles. The average Bonchev–Trinajstić information content (AvgIpc) is 2.99. The van der Waals surface area contributed by atoms with Crippen LogP contribution in [0, 0.1) is 11.8 Å². The first-order valence-corrected chi connectivity index (χ1v) is 6.31. The molecule has 2 saturated carbocycles. The summed E-state index contributed by atoms with van der Waals surface area (Å²) in [6.45, 7) is 2.48. The van der Waals surface area contributed by atoms with Crippen molar-refractivity contribution in [2.75, 3.05) is 13.1 Å². The lowest BCUT2D eigenvalue weighted by Gasteiger charge is -2.26. The third-order valence-corrected chi connectivity index (χ3v) is 3.75. The lowest BCUT2D eigenvalue weighted by atomic mass is 9.86. The highest BCUT2D eigenvalue weighted by molar-refractivity contribution is 4.77. The normalized spacial score (nSPS) is 33.2. The minimum absolute atomic E-state index is 0.498. The van der Waals surface area contributed by atoms with E-state index in [0.717, 1.165) is 11.8 Å². The fourth-order valence-electron chi connectivity index (χ4n) is 2.41. The van der Waals surface area contributed by atoms with Crippen LogP contribution in [-0.2, 0) is 0 Å². The van der Waals surface area contributed by atoms with E-state index in [1.807, 2.05) is 0 Å². The number of nitrogens with two attached hydrogens (primary N) is 1. The maximum Gasteiger partial charge on any atom is 0.00390 e. The maximum atomic E-state index is 5.88. The standard InChI is InChI=1S/C12H24N2/c13-12-5-3-11(4-6-12)9-14-8-7-10-1-2-10/h10-12,14H,1-9,13H2. The zero-order chi connectivity index (χ0) is 9.80. The van der Waals surface area contributed by atoms with Crippen LogP contribution in [0.2, 0.25) is 0 Å². The van der Waals surface area contributed by atoms with Gasteiger partial charge in [0.15, 0.2) is 0 Å². The highest BCUT2D eigenvalue weighted by Crippen LogP contribution is 2.31. The van der Waals surface area contributed by atoms with Gasteiger partial charge in [-0.1, -0.05) is 12.8 Å². The van der Waals surface area contributed by atoms with Gasteiger partial charge in [-0.05, 0) is 57.0 Å². The summed E-state index contributed by atoms with van der Waals surface area (Å²) in [6.07, 6.45) is 9.56. The van der Waals surface area contributed by atoms with Gasteiger partial charge in [0.2, 0.25) is 0 Å². The van der Waals surface area contributed by atoms with Gasteiger partial charge in [-0.25, -0.2) is 0 Å². The predicted octanol–water partition coefficient (Wildman–Crippen LogP) is 1.89. The first-order valence-electron chi connectivity index (χ1n) is 6.31. The molecule has 0 radical (unpaired) electrons. The second-order valence-corrected chi connectivity index (χ2v) is 5.22. The number of hydrogen-bond donors (Lipinski definition) is 2. The second kappa shape index (κ2) is 5.13. The Kier molecular flexibility index (Phi) is 3.82. The summed E-state index contributed by atoms with van der Waals surface area (Å²) in [4.78, 5) is 0. The van der Waals surface area contributed by atoms with Crippen molar-refractivity contribution in [3.63, 3.8) is 0 Å². The quantitative estimate of drug-likeness (QED) is 0.659. The highest BCUT2D eigenvalue weighted by atomic mass is 14.9. The summed E-state index contributed by atoms with van der Waals surface area (Å²) in [5, 5.41) is 3.60. The van der Waals surface area contributed by atoms with Crippen LogP contribution in [0.1, 0.15) is 44.9 Å². The van der Waals surface area contributed by atoms with Crippen LogP contribution in [0.15, 0.2) is 0 Å². The highest BCUT2D eigenvalue weighted by Gasteiger charge is 2.21. The average molecular weight is 196 g/mol. The van der Waals surface area contributed by atoms with Gasteiger partial charge in [-0.3, -0.25) is 0 Å². The van der Waals surface area contributed by atoms with Crippen molar-refractivity contribution in [3.05, 3.63) is 0 Å². The molecule has 0 atom stereocenters. The van der Waals surface area contributed by atoms with Gasteiger partial charge in [-0.15, -0.1) is 0 Å². The van der Waals surface area contributed by atoms with Crippen LogP contribution >= 0.6 is 0 Å². The first-order chi connectivity index (χ1) is 6.84. The van der Waals surface area contributed by atoms with Crippen molar-refractivity contribution in [2.45, 2.75) is 51.0 Å². The third-order valence-electron chi connectivity index (χ3n) is 3.75. The smallest absolute Gasteiger partial charge is 0.00390 e.